The Kier molecular flexibility index (Phi) is 6.69. The number of carbonyl (C=O) groups is 1. The van der Waals surface area contributed by atoms with E-state index in [0.29, 0.717) is 15.8 Å². The van der Waals surface area contributed by atoms with Gasteiger partial charge in [0.1, 0.15) is 0 Å². The molecule has 24 heavy (non-hydrogen) atoms. The zero-order chi connectivity index (χ0) is 17.5. The molecule has 0 saturated heterocycles. The number of nitrogens with zero attached hydrogens (tertiary/aromatic N) is 1. The molecule has 0 aromatic heterocycles. The van der Waals surface area contributed by atoms with Crippen LogP contribution in [0.25, 0.3) is 0 Å². The number of methoxy groups -OCH3 is 1. The topological polar surface area (TPSA) is 70.9 Å². The van der Waals surface area contributed by atoms with Gasteiger partial charge in [0, 0.05) is 4.90 Å². The van der Waals surface area contributed by atoms with Gasteiger partial charge in [-0.05, 0) is 52.7 Å². The maximum Gasteiger partial charge on any atom is 0.253 e. The Bertz CT molecular complexity index is 738. The third-order valence-corrected chi connectivity index (χ3v) is 4.80. The lowest BCUT2D eigenvalue weighted by Crippen LogP contribution is -2.26. The number of hydrogen-bond donors (Lipinski definition) is 2. The number of nitrogens with one attached hydrogen (secondary N) is 1. The molecule has 0 heterocycles. The van der Waals surface area contributed by atoms with Crippen LogP contribution in [0.2, 0.25) is 0 Å². The molecule has 0 unspecified atom stereocenters. The molecule has 0 spiro atoms. The number of hydrogen-bond acceptors (Lipinski definition) is 5. The summed E-state index contributed by atoms with van der Waals surface area (Å²) in [5.41, 5.74) is 3.19. The van der Waals surface area contributed by atoms with Gasteiger partial charge in [-0.1, -0.05) is 18.2 Å². The van der Waals surface area contributed by atoms with Crippen molar-refractivity contribution in [3.05, 3.63) is 52.5 Å². The molecule has 2 rings (SSSR count). The largest absolute Gasteiger partial charge is 0.503 e. The number of ether oxygens (including phenoxy) is 1. The Balaban J connectivity index is 1.96. The van der Waals surface area contributed by atoms with Crippen LogP contribution in [0.15, 0.2) is 56.9 Å². The van der Waals surface area contributed by atoms with Crippen molar-refractivity contribution < 1.29 is 14.6 Å². The summed E-state index contributed by atoms with van der Waals surface area (Å²) >= 11 is 4.70. The lowest BCUT2D eigenvalue weighted by atomic mass is 10.2. The number of rotatable bonds is 6. The van der Waals surface area contributed by atoms with Crippen LogP contribution in [0.5, 0.6) is 11.5 Å². The zero-order valence-electron chi connectivity index (χ0n) is 13.2. The standard InChI is InChI=1S/C17H17BrN2O3S/c1-11(24-13-6-4-3-5-7-13)17(22)20-19-10-12-8-14(18)16(21)15(9-12)23-2/h3-11,21H,1-2H3,(H,20,22)/b19-10-/t11-/m0/s1. The van der Waals surface area contributed by atoms with Gasteiger partial charge in [-0.25, -0.2) is 5.43 Å². The molecule has 0 saturated carbocycles. The fraction of sp³-hybridized carbons (Fsp3) is 0.176. The summed E-state index contributed by atoms with van der Waals surface area (Å²) in [7, 11) is 1.46. The van der Waals surface area contributed by atoms with Crippen LogP contribution in [0.3, 0.4) is 0 Å². The van der Waals surface area contributed by atoms with Crippen molar-refractivity contribution >= 4 is 39.8 Å². The van der Waals surface area contributed by atoms with E-state index in [9.17, 15) is 9.90 Å². The predicted molar refractivity (Wildman–Crippen MR) is 99.9 cm³/mol. The number of carbonyl (C=O) groups excluding carboxylic acids is 1. The van der Waals surface area contributed by atoms with Gasteiger partial charge in [0.25, 0.3) is 5.91 Å². The molecule has 126 valence electrons. The first-order chi connectivity index (χ1) is 11.5. The Morgan fingerprint density at radius 1 is 1.38 bits per heavy atom. The predicted octanol–water partition coefficient (Wildman–Crippen LogP) is 3.79. The minimum Gasteiger partial charge on any atom is -0.503 e. The normalized spacial score (nSPS) is 12.1. The molecule has 2 N–H and O–H groups in total. The number of aromatic hydroxyl groups is 1. The number of thioether (sulfide) groups is 1. The number of halogens is 1. The van der Waals surface area contributed by atoms with Crippen LogP contribution in [0, 0.1) is 0 Å². The summed E-state index contributed by atoms with van der Waals surface area (Å²) in [6, 6.07) is 13.0. The molecule has 0 aliphatic rings. The van der Waals surface area contributed by atoms with Crippen LogP contribution in [-0.4, -0.2) is 29.6 Å². The monoisotopic (exact) mass is 408 g/mol. The van der Waals surface area contributed by atoms with Gasteiger partial charge < -0.3 is 9.84 Å². The van der Waals surface area contributed by atoms with Gasteiger partial charge in [-0.3, -0.25) is 4.79 Å². The Morgan fingerprint density at radius 3 is 2.75 bits per heavy atom. The third kappa shape index (κ3) is 5.01. The van der Waals surface area contributed by atoms with Gasteiger partial charge in [0.15, 0.2) is 11.5 Å². The smallest absolute Gasteiger partial charge is 0.253 e. The molecule has 2 aromatic rings. The van der Waals surface area contributed by atoms with E-state index in [-0.39, 0.29) is 16.9 Å². The summed E-state index contributed by atoms with van der Waals surface area (Å²) in [5.74, 6) is 0.154. The van der Waals surface area contributed by atoms with Crippen molar-refractivity contribution in [3.8, 4) is 11.5 Å². The molecule has 1 amide bonds. The lowest BCUT2D eigenvalue weighted by molar-refractivity contribution is -0.120. The van der Waals surface area contributed by atoms with Crippen LogP contribution in [0.1, 0.15) is 12.5 Å². The highest BCUT2D eigenvalue weighted by Crippen LogP contribution is 2.34. The van der Waals surface area contributed by atoms with Gasteiger partial charge >= 0.3 is 0 Å². The molecule has 0 fully saturated rings. The minimum atomic E-state index is -0.273. The van der Waals surface area contributed by atoms with Gasteiger partial charge in [-0.2, -0.15) is 5.10 Å². The summed E-state index contributed by atoms with van der Waals surface area (Å²) in [6.45, 7) is 1.82. The maximum atomic E-state index is 12.1. The molecule has 2 aromatic carbocycles. The zero-order valence-corrected chi connectivity index (χ0v) is 15.6. The fourth-order valence-electron chi connectivity index (χ4n) is 1.84. The molecule has 7 heteroatoms. The van der Waals surface area contributed by atoms with E-state index in [1.807, 2.05) is 37.3 Å². The molecule has 0 radical (unpaired) electrons. The molecular formula is C17H17BrN2O3S. The second-order valence-corrected chi connectivity index (χ2v) is 7.13. The minimum absolute atomic E-state index is 0.0200. The lowest BCUT2D eigenvalue weighted by Gasteiger charge is -2.09. The highest BCUT2D eigenvalue weighted by atomic mass is 79.9. The van der Waals surface area contributed by atoms with E-state index in [1.54, 1.807) is 12.1 Å². The highest BCUT2D eigenvalue weighted by Gasteiger charge is 2.13. The Morgan fingerprint density at radius 2 is 2.08 bits per heavy atom. The number of benzene rings is 2. The molecule has 0 aliphatic heterocycles. The Hall–Kier alpha value is -1.99. The summed E-state index contributed by atoms with van der Waals surface area (Å²) < 4.78 is 5.55. The summed E-state index contributed by atoms with van der Waals surface area (Å²) in [4.78, 5) is 13.1. The number of phenolic OH excluding ortho intramolecular Hbond substituents is 1. The molecule has 0 aliphatic carbocycles. The van der Waals surface area contributed by atoms with E-state index in [1.165, 1.54) is 25.1 Å². The average Bonchev–Trinajstić information content (AvgIpc) is 2.58. The first-order valence-electron chi connectivity index (χ1n) is 7.12. The van der Waals surface area contributed by atoms with Crippen LogP contribution < -0.4 is 10.2 Å². The van der Waals surface area contributed by atoms with Crippen molar-refractivity contribution in [3.63, 3.8) is 0 Å². The van der Waals surface area contributed by atoms with Gasteiger partial charge in [0.2, 0.25) is 0 Å². The van der Waals surface area contributed by atoms with Crippen LogP contribution >= 0.6 is 27.7 Å². The average molecular weight is 409 g/mol. The first-order valence-corrected chi connectivity index (χ1v) is 8.79. The molecule has 1 atom stereocenters. The number of hydrazone groups is 1. The van der Waals surface area contributed by atoms with E-state index in [2.05, 4.69) is 26.5 Å². The second kappa shape index (κ2) is 8.75. The molecule has 0 bridgehead atoms. The summed E-state index contributed by atoms with van der Waals surface area (Å²) in [6.07, 6.45) is 1.49. The first kappa shape index (κ1) is 18.4. The Labute approximate surface area is 153 Å². The number of amides is 1. The third-order valence-electron chi connectivity index (χ3n) is 3.08. The SMILES string of the molecule is COc1cc(/C=N\NC(=O)[C@H](C)Sc2ccccc2)cc(Br)c1O. The molecule has 5 nitrogen and oxygen atoms in total. The number of phenols is 1. The van der Waals surface area contributed by atoms with Crippen molar-refractivity contribution in [1.29, 1.82) is 0 Å². The van der Waals surface area contributed by atoms with Gasteiger partial charge in [0.05, 0.1) is 23.0 Å². The van der Waals surface area contributed by atoms with Crippen molar-refractivity contribution in [2.24, 2.45) is 5.10 Å². The van der Waals surface area contributed by atoms with E-state index >= 15 is 0 Å². The highest BCUT2D eigenvalue weighted by molar-refractivity contribution is 9.10. The van der Waals surface area contributed by atoms with Crippen molar-refractivity contribution in [2.75, 3.05) is 7.11 Å². The van der Waals surface area contributed by atoms with Crippen LogP contribution in [-0.2, 0) is 4.79 Å². The van der Waals surface area contributed by atoms with E-state index < -0.39 is 0 Å². The van der Waals surface area contributed by atoms with Gasteiger partial charge in [-0.15, -0.1) is 11.8 Å². The van der Waals surface area contributed by atoms with Crippen LogP contribution in [0.4, 0.5) is 0 Å². The second-order valence-electron chi connectivity index (χ2n) is 4.86. The van der Waals surface area contributed by atoms with Crippen molar-refractivity contribution in [1.82, 2.24) is 5.43 Å². The summed E-state index contributed by atoms with van der Waals surface area (Å²) in [5, 5.41) is 13.4. The van der Waals surface area contributed by atoms with E-state index in [0.717, 1.165) is 4.90 Å². The molecular weight excluding hydrogens is 392 g/mol. The van der Waals surface area contributed by atoms with E-state index in [4.69, 9.17) is 4.74 Å². The fourth-order valence-corrected chi connectivity index (χ4v) is 3.18. The van der Waals surface area contributed by atoms with Crippen molar-refractivity contribution in [2.45, 2.75) is 17.1 Å². The maximum absolute atomic E-state index is 12.1. The quantitative estimate of drug-likeness (QED) is 0.433.